The summed E-state index contributed by atoms with van der Waals surface area (Å²) in [6.45, 7) is 2.02. The zero-order chi connectivity index (χ0) is 29.0. The Labute approximate surface area is 294 Å². The molecule has 0 atom stereocenters. The van der Waals surface area contributed by atoms with Crippen molar-refractivity contribution in [2.24, 2.45) is 0 Å². The second-order valence-corrected chi connectivity index (χ2v) is 55.0. The van der Waals surface area contributed by atoms with Crippen LogP contribution in [-0.4, -0.2) is 30.0 Å². The van der Waals surface area contributed by atoms with E-state index in [-0.39, 0.29) is 0 Å². The van der Waals surface area contributed by atoms with E-state index in [2.05, 4.69) is 0 Å². The first-order valence-corrected chi connectivity index (χ1v) is 37.1. The second-order valence-electron chi connectivity index (χ2n) is 8.59. The van der Waals surface area contributed by atoms with E-state index in [0.717, 1.165) is 33.4 Å². The number of hydrogen-bond acceptors (Lipinski definition) is 0. The van der Waals surface area contributed by atoms with Crippen LogP contribution in [0.1, 0.15) is 33.4 Å². The summed E-state index contributed by atoms with van der Waals surface area (Å²) in [7, 11) is 0. The van der Waals surface area contributed by atoms with E-state index in [9.17, 15) is 0 Å². The maximum atomic E-state index is 6.30. The molecular formula is C17H23Cl15Si5. The van der Waals surface area contributed by atoms with Crippen molar-refractivity contribution in [1.29, 1.82) is 0 Å². The van der Waals surface area contributed by atoms with Gasteiger partial charge in [-0.3, -0.25) is 0 Å². The molecule has 0 aliphatic heterocycles. The average Bonchev–Trinajstić information content (AvgIpc) is 2.64. The molecule has 0 saturated carbocycles. The van der Waals surface area contributed by atoms with E-state index in [4.69, 9.17) is 166 Å². The van der Waals surface area contributed by atoms with Crippen LogP contribution < -0.4 is 0 Å². The van der Waals surface area contributed by atoms with Gasteiger partial charge in [-0.15, -0.1) is 166 Å². The normalized spacial score (nSPS) is 13.9. The molecule has 20 heteroatoms. The third-order valence-electron chi connectivity index (χ3n) is 5.65. The summed E-state index contributed by atoms with van der Waals surface area (Å²) in [5.41, 5.74) is 6.09. The van der Waals surface area contributed by atoms with Crippen LogP contribution in [0, 0.1) is 6.92 Å². The molecule has 0 heterocycles. The highest BCUT2D eigenvalue weighted by Crippen LogP contribution is 2.41. The molecule has 0 unspecified atom stereocenters. The van der Waals surface area contributed by atoms with Crippen molar-refractivity contribution in [1.82, 2.24) is 0 Å². The molecule has 0 nitrogen and oxygen atoms in total. The van der Waals surface area contributed by atoms with Crippen LogP contribution >= 0.6 is 166 Å². The predicted octanol–water partition coefficient (Wildman–Crippen LogP) is 13.0. The Hall–Kier alpha value is 4.65. The molecule has 0 radical (unpaired) electrons. The first-order chi connectivity index (χ1) is 16.4. The van der Waals surface area contributed by atoms with Gasteiger partial charge in [-0.1, -0.05) is 0 Å². The van der Waals surface area contributed by atoms with Gasteiger partial charge >= 0.3 is 30.0 Å². The molecule has 0 fully saturated rings. The topological polar surface area (TPSA) is 0 Å². The molecule has 1 aromatic rings. The van der Waals surface area contributed by atoms with Crippen molar-refractivity contribution in [3.8, 4) is 0 Å². The summed E-state index contributed by atoms with van der Waals surface area (Å²) >= 11 is 94.3. The summed E-state index contributed by atoms with van der Waals surface area (Å²) < 4.78 is 0. The zero-order valence-corrected chi connectivity index (χ0v) is 35.6. The summed E-state index contributed by atoms with van der Waals surface area (Å²) in [6.07, 6.45) is 2.57. The molecular weight excluding hydrogens is 876 g/mol. The Kier molecular flexibility index (Phi) is 17.5. The smallest absolute Gasteiger partial charge is 0.126 e. The first-order valence-electron chi connectivity index (χ1n) is 10.9. The fraction of sp³-hybridized carbons (Fsp3) is 0.647. The number of benzene rings is 1. The quantitative estimate of drug-likeness (QED) is 0.122. The van der Waals surface area contributed by atoms with Crippen molar-refractivity contribution in [3.63, 3.8) is 0 Å². The SMILES string of the molecule is Cc1c(CC[Si](Cl)(Cl)Cl)c(CC[Si](Cl)(Cl)Cl)c(CC[Si](Cl)(Cl)Cl)c(CC[Si](Cl)(Cl)Cl)c1CC[Si](Cl)(Cl)Cl. The monoisotopic (exact) mass is 892 g/mol. The Morgan fingerprint density at radius 2 is 0.486 bits per heavy atom. The molecule has 1 rings (SSSR count). The van der Waals surface area contributed by atoms with Gasteiger partial charge in [-0.05, 0) is 103 Å². The molecule has 0 aliphatic carbocycles. The van der Waals surface area contributed by atoms with Crippen molar-refractivity contribution >= 4 is 196 Å². The minimum absolute atomic E-state index is 0.383. The Morgan fingerprint density at radius 3 is 0.676 bits per heavy atom. The number of hydrogen-bond donors (Lipinski definition) is 0. The molecule has 0 aliphatic rings. The molecule has 37 heavy (non-hydrogen) atoms. The lowest BCUT2D eigenvalue weighted by Crippen LogP contribution is -2.21. The predicted molar refractivity (Wildman–Crippen MR) is 190 cm³/mol. The lowest BCUT2D eigenvalue weighted by Gasteiger charge is -2.28. The van der Waals surface area contributed by atoms with Crippen LogP contribution in [0.3, 0.4) is 0 Å². The van der Waals surface area contributed by atoms with Crippen molar-refractivity contribution < 1.29 is 0 Å². The van der Waals surface area contributed by atoms with E-state index in [1.165, 1.54) is 0 Å². The zero-order valence-electron chi connectivity index (χ0n) is 19.2. The Bertz CT molecular complexity index is 836. The van der Waals surface area contributed by atoms with Crippen molar-refractivity contribution in [2.75, 3.05) is 0 Å². The first kappa shape index (κ1) is 39.7. The van der Waals surface area contributed by atoms with E-state index in [1.54, 1.807) is 0 Å². The molecule has 0 saturated heterocycles. The number of rotatable bonds is 15. The van der Waals surface area contributed by atoms with Gasteiger partial charge in [0.1, 0.15) is 0 Å². The van der Waals surface area contributed by atoms with Crippen LogP contribution in [0.2, 0.25) is 30.2 Å². The Morgan fingerprint density at radius 1 is 0.324 bits per heavy atom. The van der Waals surface area contributed by atoms with Gasteiger partial charge in [0.05, 0.1) is 0 Å². The van der Waals surface area contributed by atoms with Gasteiger partial charge in [0.15, 0.2) is 0 Å². The summed E-state index contributed by atoms with van der Waals surface area (Å²) in [5, 5.41) is 0. The molecule has 1 aromatic carbocycles. The lowest BCUT2D eigenvalue weighted by atomic mass is 9.82. The minimum Gasteiger partial charge on any atom is -0.126 e. The third-order valence-corrected chi connectivity index (χ3v) is 18.2. The Balaban J connectivity index is 3.93. The van der Waals surface area contributed by atoms with Gasteiger partial charge in [0.25, 0.3) is 0 Å². The van der Waals surface area contributed by atoms with Gasteiger partial charge < -0.3 is 0 Å². The van der Waals surface area contributed by atoms with Crippen LogP contribution in [0.15, 0.2) is 0 Å². The molecule has 0 N–H and O–H groups in total. The third kappa shape index (κ3) is 17.7. The van der Waals surface area contributed by atoms with Crippen molar-refractivity contribution in [3.05, 3.63) is 33.4 Å². The van der Waals surface area contributed by atoms with Crippen LogP contribution in [0.25, 0.3) is 0 Å². The standard InChI is InChI=1S/C17H23Cl15Si5/c1-12-13(2-7-33(18,19)20)15(4-9-35(24,25)26)17(6-11-37(30,31)32)16(5-10-36(27,28)29)14(12)3-8-34(21,22)23/h2-11H2,1H3. The van der Waals surface area contributed by atoms with Gasteiger partial charge in [0.2, 0.25) is 0 Å². The van der Waals surface area contributed by atoms with E-state index < -0.39 is 30.0 Å². The summed E-state index contributed by atoms with van der Waals surface area (Å²) in [4.78, 5) is 0. The number of halogens is 15. The lowest BCUT2D eigenvalue weighted by molar-refractivity contribution is 0.891. The average molecular weight is 900 g/mol. The van der Waals surface area contributed by atoms with E-state index in [1.807, 2.05) is 6.92 Å². The largest absolute Gasteiger partial charge is 0.341 e. The molecule has 0 amide bonds. The van der Waals surface area contributed by atoms with Gasteiger partial charge in [-0.25, -0.2) is 0 Å². The highest BCUT2D eigenvalue weighted by molar-refractivity contribution is 7.66. The fourth-order valence-corrected chi connectivity index (χ4v) is 11.0. The highest BCUT2D eigenvalue weighted by Gasteiger charge is 2.34. The second kappa shape index (κ2) is 16.3. The van der Waals surface area contributed by atoms with Crippen molar-refractivity contribution in [2.45, 2.75) is 69.2 Å². The maximum absolute atomic E-state index is 6.30. The maximum Gasteiger partial charge on any atom is 0.341 e. The highest BCUT2D eigenvalue weighted by atomic mass is 35.9. The molecule has 216 valence electrons. The van der Waals surface area contributed by atoms with Crippen LogP contribution in [-0.2, 0) is 32.1 Å². The summed E-state index contributed by atoms with van der Waals surface area (Å²) in [6, 6.07) is -12.8. The van der Waals surface area contributed by atoms with E-state index in [0.29, 0.717) is 62.3 Å². The summed E-state index contributed by atoms with van der Waals surface area (Å²) in [5.74, 6) is 0. The fourth-order valence-electron chi connectivity index (χ4n) is 4.10. The molecule has 0 aromatic heterocycles. The molecule has 0 spiro atoms. The van der Waals surface area contributed by atoms with E-state index >= 15 is 0 Å². The molecule has 0 bridgehead atoms. The van der Waals surface area contributed by atoms with Crippen LogP contribution in [0.4, 0.5) is 0 Å². The van der Waals surface area contributed by atoms with Gasteiger partial charge in [-0.2, -0.15) is 0 Å². The van der Waals surface area contributed by atoms with Crippen LogP contribution in [0.5, 0.6) is 0 Å². The van der Waals surface area contributed by atoms with Gasteiger partial charge in [0, 0.05) is 0 Å². The minimum atomic E-state index is -2.99.